The first-order chi connectivity index (χ1) is 13.5. The quantitative estimate of drug-likeness (QED) is 0.618. The van der Waals surface area contributed by atoms with Gasteiger partial charge < -0.3 is 15.1 Å². The van der Waals surface area contributed by atoms with Gasteiger partial charge in [-0.2, -0.15) is 0 Å². The van der Waals surface area contributed by atoms with Crippen molar-refractivity contribution in [3.8, 4) is 11.3 Å². The summed E-state index contributed by atoms with van der Waals surface area (Å²) in [5, 5.41) is 5.47. The van der Waals surface area contributed by atoms with Gasteiger partial charge in [0.05, 0.1) is 19.2 Å². The number of amides is 2. The van der Waals surface area contributed by atoms with Gasteiger partial charge in [-0.1, -0.05) is 48.5 Å². The molecule has 3 rings (SSSR count). The van der Waals surface area contributed by atoms with Crippen LogP contribution in [0.4, 0.5) is 5.69 Å². The number of hydrogen-bond donors (Lipinski definition) is 2. The fourth-order valence-corrected chi connectivity index (χ4v) is 2.62. The van der Waals surface area contributed by atoms with Crippen LogP contribution < -0.4 is 10.6 Å². The standard InChI is InChI=1S/C22H21N3O3/c1-3-20(26)25-18-6-4-5-16(11-18)12-21(27)23-14-22-24-13-19(28-22)17-9-7-15(2)8-10-17/h3-11,13H,1,12,14H2,2H3,(H,23,27)(H,25,26). The first-order valence-corrected chi connectivity index (χ1v) is 8.84. The number of carbonyl (C=O) groups excluding carboxylic acids is 2. The predicted molar refractivity (Wildman–Crippen MR) is 107 cm³/mol. The molecule has 0 bridgehead atoms. The highest BCUT2D eigenvalue weighted by Crippen LogP contribution is 2.20. The van der Waals surface area contributed by atoms with E-state index in [1.165, 1.54) is 11.6 Å². The van der Waals surface area contributed by atoms with E-state index in [9.17, 15) is 9.59 Å². The number of carbonyl (C=O) groups is 2. The Kier molecular flexibility index (Phi) is 6.01. The number of benzene rings is 2. The second kappa shape index (κ2) is 8.81. The number of nitrogens with one attached hydrogen (secondary N) is 2. The van der Waals surface area contributed by atoms with E-state index >= 15 is 0 Å². The van der Waals surface area contributed by atoms with E-state index in [1.807, 2.05) is 37.3 Å². The third kappa shape index (κ3) is 5.17. The average Bonchev–Trinajstić information content (AvgIpc) is 3.16. The topological polar surface area (TPSA) is 84.2 Å². The van der Waals surface area contributed by atoms with Crippen LogP contribution in [0.5, 0.6) is 0 Å². The summed E-state index contributed by atoms with van der Waals surface area (Å²) in [5.41, 5.74) is 3.51. The molecule has 3 aromatic rings. The van der Waals surface area contributed by atoms with Gasteiger partial charge in [0.25, 0.3) is 0 Å². The summed E-state index contributed by atoms with van der Waals surface area (Å²) < 4.78 is 5.70. The van der Waals surface area contributed by atoms with Crippen molar-refractivity contribution in [2.24, 2.45) is 0 Å². The molecule has 2 aromatic carbocycles. The molecular formula is C22H21N3O3. The molecule has 0 radical (unpaired) electrons. The molecule has 0 fully saturated rings. The van der Waals surface area contributed by atoms with Gasteiger partial charge in [0.1, 0.15) is 0 Å². The average molecular weight is 375 g/mol. The molecule has 28 heavy (non-hydrogen) atoms. The van der Waals surface area contributed by atoms with Crippen LogP contribution in [-0.4, -0.2) is 16.8 Å². The molecule has 1 heterocycles. The van der Waals surface area contributed by atoms with Gasteiger partial charge in [0, 0.05) is 11.3 Å². The van der Waals surface area contributed by atoms with E-state index in [2.05, 4.69) is 22.2 Å². The Bertz CT molecular complexity index is 990. The SMILES string of the molecule is C=CC(=O)Nc1cccc(CC(=O)NCc2ncc(-c3ccc(C)cc3)o2)c1. The summed E-state index contributed by atoms with van der Waals surface area (Å²) >= 11 is 0. The summed E-state index contributed by atoms with van der Waals surface area (Å²) in [7, 11) is 0. The number of aryl methyl sites for hydroxylation is 1. The zero-order chi connectivity index (χ0) is 19.9. The van der Waals surface area contributed by atoms with Crippen molar-refractivity contribution in [3.05, 3.63) is 84.4 Å². The Balaban J connectivity index is 1.55. The zero-order valence-corrected chi connectivity index (χ0v) is 15.6. The van der Waals surface area contributed by atoms with Crippen molar-refractivity contribution in [2.45, 2.75) is 19.9 Å². The summed E-state index contributed by atoms with van der Waals surface area (Å²) in [6.45, 7) is 5.64. The maximum Gasteiger partial charge on any atom is 0.247 e. The van der Waals surface area contributed by atoms with Crippen LogP contribution in [0.3, 0.4) is 0 Å². The smallest absolute Gasteiger partial charge is 0.247 e. The molecule has 6 heteroatoms. The van der Waals surface area contributed by atoms with E-state index in [0.29, 0.717) is 17.3 Å². The highest BCUT2D eigenvalue weighted by Gasteiger charge is 2.09. The second-order valence-corrected chi connectivity index (χ2v) is 6.33. The lowest BCUT2D eigenvalue weighted by Gasteiger charge is -2.06. The largest absolute Gasteiger partial charge is 0.439 e. The van der Waals surface area contributed by atoms with Gasteiger partial charge in [-0.15, -0.1) is 0 Å². The summed E-state index contributed by atoms with van der Waals surface area (Å²) in [6.07, 6.45) is 3.03. The van der Waals surface area contributed by atoms with Gasteiger partial charge in [-0.05, 0) is 30.7 Å². The van der Waals surface area contributed by atoms with E-state index < -0.39 is 0 Å². The Labute approximate surface area is 163 Å². The molecule has 0 atom stereocenters. The van der Waals surface area contributed by atoms with E-state index in [1.54, 1.807) is 24.4 Å². The lowest BCUT2D eigenvalue weighted by atomic mass is 10.1. The summed E-state index contributed by atoms with van der Waals surface area (Å²) in [4.78, 5) is 27.8. The number of nitrogens with zero attached hydrogens (tertiary/aromatic N) is 1. The molecule has 0 aliphatic rings. The fourth-order valence-electron chi connectivity index (χ4n) is 2.62. The van der Waals surface area contributed by atoms with Crippen molar-refractivity contribution in [1.82, 2.24) is 10.3 Å². The molecule has 2 amide bonds. The maximum atomic E-state index is 12.2. The Morgan fingerprint density at radius 3 is 2.71 bits per heavy atom. The van der Waals surface area contributed by atoms with E-state index in [-0.39, 0.29) is 24.8 Å². The molecule has 0 saturated carbocycles. The van der Waals surface area contributed by atoms with Crippen LogP contribution in [0.1, 0.15) is 17.0 Å². The monoisotopic (exact) mass is 375 g/mol. The first kappa shape index (κ1) is 19.1. The number of anilines is 1. The molecule has 0 saturated heterocycles. The predicted octanol–water partition coefficient (Wildman–Crippen LogP) is 3.63. The molecule has 0 unspecified atom stereocenters. The number of rotatable bonds is 7. The molecule has 0 aliphatic heterocycles. The molecule has 142 valence electrons. The molecule has 6 nitrogen and oxygen atoms in total. The Morgan fingerprint density at radius 2 is 1.96 bits per heavy atom. The van der Waals surface area contributed by atoms with Crippen LogP contribution >= 0.6 is 0 Å². The normalized spacial score (nSPS) is 10.3. The minimum atomic E-state index is -0.296. The zero-order valence-electron chi connectivity index (χ0n) is 15.6. The molecule has 2 N–H and O–H groups in total. The van der Waals surface area contributed by atoms with Crippen molar-refractivity contribution in [2.75, 3.05) is 5.32 Å². The third-order valence-corrected chi connectivity index (χ3v) is 4.07. The van der Waals surface area contributed by atoms with Crippen LogP contribution in [0.2, 0.25) is 0 Å². The molecule has 0 spiro atoms. The Morgan fingerprint density at radius 1 is 1.18 bits per heavy atom. The van der Waals surface area contributed by atoms with Crippen molar-refractivity contribution >= 4 is 17.5 Å². The Hall–Kier alpha value is -3.67. The summed E-state index contributed by atoms with van der Waals surface area (Å²) in [6, 6.07) is 15.1. The van der Waals surface area contributed by atoms with Crippen LogP contribution in [0, 0.1) is 6.92 Å². The van der Waals surface area contributed by atoms with Crippen LogP contribution in [-0.2, 0) is 22.6 Å². The first-order valence-electron chi connectivity index (χ1n) is 8.84. The van der Waals surface area contributed by atoms with Crippen molar-refractivity contribution < 1.29 is 14.0 Å². The number of aromatic nitrogens is 1. The maximum absolute atomic E-state index is 12.2. The highest BCUT2D eigenvalue weighted by atomic mass is 16.4. The number of hydrogen-bond acceptors (Lipinski definition) is 4. The highest BCUT2D eigenvalue weighted by molar-refractivity contribution is 5.98. The minimum Gasteiger partial charge on any atom is -0.439 e. The second-order valence-electron chi connectivity index (χ2n) is 6.33. The van der Waals surface area contributed by atoms with Crippen molar-refractivity contribution in [3.63, 3.8) is 0 Å². The lowest BCUT2D eigenvalue weighted by molar-refractivity contribution is -0.120. The van der Waals surface area contributed by atoms with Gasteiger partial charge >= 0.3 is 0 Å². The van der Waals surface area contributed by atoms with Gasteiger partial charge in [0.2, 0.25) is 17.7 Å². The summed E-state index contributed by atoms with van der Waals surface area (Å²) in [5.74, 6) is 0.642. The van der Waals surface area contributed by atoms with Crippen LogP contribution in [0.25, 0.3) is 11.3 Å². The van der Waals surface area contributed by atoms with Gasteiger partial charge in [-0.3, -0.25) is 9.59 Å². The minimum absolute atomic E-state index is 0.165. The third-order valence-electron chi connectivity index (χ3n) is 4.07. The fraction of sp³-hybridized carbons (Fsp3) is 0.136. The molecule has 0 aliphatic carbocycles. The number of oxazole rings is 1. The van der Waals surface area contributed by atoms with E-state index in [0.717, 1.165) is 11.1 Å². The molecular weight excluding hydrogens is 354 g/mol. The van der Waals surface area contributed by atoms with Crippen molar-refractivity contribution in [1.29, 1.82) is 0 Å². The van der Waals surface area contributed by atoms with Crippen LogP contribution in [0.15, 0.2) is 71.8 Å². The molecule has 1 aromatic heterocycles. The van der Waals surface area contributed by atoms with Gasteiger partial charge in [0.15, 0.2) is 5.76 Å². The van der Waals surface area contributed by atoms with Gasteiger partial charge in [-0.25, -0.2) is 4.98 Å². The lowest BCUT2D eigenvalue weighted by Crippen LogP contribution is -2.24. The van der Waals surface area contributed by atoms with E-state index in [4.69, 9.17) is 4.42 Å².